The molecule has 2 heterocycles. The molecule has 0 N–H and O–H groups in total. The molecule has 1 aromatic heterocycles. The fraction of sp³-hybridized carbons (Fsp3) is 0.208. The maximum atomic E-state index is 13.3. The Labute approximate surface area is 174 Å². The van der Waals surface area contributed by atoms with Crippen LogP contribution in [0.25, 0.3) is 21.7 Å². The van der Waals surface area contributed by atoms with Gasteiger partial charge < -0.3 is 4.42 Å². The summed E-state index contributed by atoms with van der Waals surface area (Å²) in [5.41, 5.74) is 3.46. The number of aryl methyl sites for hydroxylation is 1. The summed E-state index contributed by atoms with van der Waals surface area (Å²) in [6, 6.07) is 16.2. The summed E-state index contributed by atoms with van der Waals surface area (Å²) in [6.45, 7) is 6.27. The number of fused-ring (bicyclic) bond motifs is 1. The van der Waals surface area contributed by atoms with Crippen molar-refractivity contribution in [3.8, 4) is 0 Å². The standard InChI is InChI=1S/C24H21NO4S/c1-14(2)18-12-19-17(11-23(26)29-21(19)10-15(18)3)13-25-20-8-4-6-16-7-5-9-22(24(16)20)30(25,27)28/h4-12,14H,13H2,1-3H3. The van der Waals surface area contributed by atoms with E-state index in [4.69, 9.17) is 4.42 Å². The lowest BCUT2D eigenvalue weighted by Gasteiger charge is -2.20. The minimum Gasteiger partial charge on any atom is -0.423 e. The van der Waals surface area contributed by atoms with Crippen LogP contribution in [0.4, 0.5) is 5.69 Å². The zero-order valence-electron chi connectivity index (χ0n) is 17.0. The highest BCUT2D eigenvalue weighted by atomic mass is 32.2. The van der Waals surface area contributed by atoms with Gasteiger partial charge in [0.15, 0.2) is 0 Å². The first-order valence-corrected chi connectivity index (χ1v) is 11.3. The lowest BCUT2D eigenvalue weighted by atomic mass is 9.95. The number of hydrogen-bond acceptors (Lipinski definition) is 4. The Morgan fingerprint density at radius 1 is 1.03 bits per heavy atom. The van der Waals surface area contributed by atoms with Gasteiger partial charge in [-0.3, -0.25) is 4.31 Å². The highest BCUT2D eigenvalue weighted by molar-refractivity contribution is 7.93. The number of benzene rings is 3. The lowest BCUT2D eigenvalue weighted by molar-refractivity contribution is 0.557. The Morgan fingerprint density at radius 3 is 2.50 bits per heavy atom. The van der Waals surface area contributed by atoms with Gasteiger partial charge in [0.25, 0.3) is 10.0 Å². The van der Waals surface area contributed by atoms with Crippen molar-refractivity contribution in [3.63, 3.8) is 0 Å². The summed E-state index contributed by atoms with van der Waals surface area (Å²) in [7, 11) is -3.71. The van der Waals surface area contributed by atoms with Crippen LogP contribution in [0.15, 0.2) is 68.7 Å². The van der Waals surface area contributed by atoms with Gasteiger partial charge in [0.2, 0.25) is 0 Å². The molecule has 0 radical (unpaired) electrons. The van der Waals surface area contributed by atoms with Crippen molar-refractivity contribution in [2.24, 2.45) is 0 Å². The van der Waals surface area contributed by atoms with Crippen LogP contribution in [0.3, 0.4) is 0 Å². The van der Waals surface area contributed by atoms with Crippen LogP contribution in [-0.2, 0) is 16.6 Å². The van der Waals surface area contributed by atoms with E-state index in [0.29, 0.717) is 27.6 Å². The van der Waals surface area contributed by atoms with Crippen LogP contribution >= 0.6 is 0 Å². The molecule has 5 rings (SSSR count). The first-order valence-electron chi connectivity index (χ1n) is 9.89. The minimum atomic E-state index is -3.71. The molecule has 0 saturated carbocycles. The predicted molar refractivity (Wildman–Crippen MR) is 119 cm³/mol. The molecule has 0 spiro atoms. The zero-order valence-corrected chi connectivity index (χ0v) is 17.8. The summed E-state index contributed by atoms with van der Waals surface area (Å²) < 4.78 is 33.5. The maximum absolute atomic E-state index is 13.3. The molecule has 1 aliphatic heterocycles. The lowest BCUT2D eigenvalue weighted by Crippen LogP contribution is -2.27. The van der Waals surface area contributed by atoms with Gasteiger partial charge in [0.1, 0.15) is 5.58 Å². The van der Waals surface area contributed by atoms with Crippen molar-refractivity contribution < 1.29 is 12.8 Å². The Bertz CT molecular complexity index is 1490. The monoisotopic (exact) mass is 419 g/mol. The fourth-order valence-corrected chi connectivity index (χ4v) is 6.12. The molecule has 3 aromatic carbocycles. The van der Waals surface area contributed by atoms with Crippen LogP contribution in [0.1, 0.15) is 36.5 Å². The van der Waals surface area contributed by atoms with Gasteiger partial charge in [-0.15, -0.1) is 0 Å². The normalized spacial score (nSPS) is 14.9. The van der Waals surface area contributed by atoms with Crippen molar-refractivity contribution >= 4 is 37.5 Å². The van der Waals surface area contributed by atoms with E-state index >= 15 is 0 Å². The minimum absolute atomic E-state index is 0.0683. The predicted octanol–water partition coefficient (Wildman–Crippen LogP) is 5.09. The molecular formula is C24H21NO4S. The van der Waals surface area contributed by atoms with Crippen LogP contribution in [0.5, 0.6) is 0 Å². The van der Waals surface area contributed by atoms with Gasteiger partial charge in [-0.1, -0.05) is 38.1 Å². The second-order valence-electron chi connectivity index (χ2n) is 8.09. The van der Waals surface area contributed by atoms with E-state index in [1.54, 1.807) is 12.1 Å². The molecule has 0 amide bonds. The number of sulfonamides is 1. The third-order valence-corrected chi connectivity index (χ3v) is 7.64. The van der Waals surface area contributed by atoms with Crippen molar-refractivity contribution in [3.05, 3.63) is 81.7 Å². The van der Waals surface area contributed by atoms with Gasteiger partial charge in [0, 0.05) is 16.8 Å². The zero-order chi connectivity index (χ0) is 21.2. The van der Waals surface area contributed by atoms with E-state index in [-0.39, 0.29) is 6.54 Å². The third kappa shape index (κ3) is 2.67. The Balaban J connectivity index is 1.73. The maximum Gasteiger partial charge on any atom is 0.336 e. The number of nitrogens with zero attached hydrogens (tertiary/aromatic N) is 1. The summed E-state index contributed by atoms with van der Waals surface area (Å²) in [5.74, 6) is 0.294. The van der Waals surface area contributed by atoms with Gasteiger partial charge in [-0.2, -0.15) is 0 Å². The molecule has 0 saturated heterocycles. The Morgan fingerprint density at radius 2 is 1.77 bits per heavy atom. The van der Waals surface area contributed by atoms with Gasteiger partial charge >= 0.3 is 5.63 Å². The van der Waals surface area contributed by atoms with Crippen molar-refractivity contribution in [1.82, 2.24) is 0 Å². The average molecular weight is 420 g/mol. The summed E-state index contributed by atoms with van der Waals surface area (Å²) in [5, 5.41) is 2.37. The molecular weight excluding hydrogens is 398 g/mol. The fourth-order valence-electron chi connectivity index (χ4n) is 4.43. The van der Waals surface area contributed by atoms with E-state index in [9.17, 15) is 13.2 Å². The highest BCUT2D eigenvalue weighted by Gasteiger charge is 2.35. The smallest absolute Gasteiger partial charge is 0.336 e. The Kier molecular flexibility index (Phi) is 4.05. The van der Waals surface area contributed by atoms with Crippen LogP contribution in [-0.4, -0.2) is 8.42 Å². The second kappa shape index (κ2) is 6.44. The molecule has 5 nitrogen and oxygen atoms in total. The third-order valence-electron chi connectivity index (χ3n) is 5.83. The van der Waals surface area contributed by atoms with Crippen molar-refractivity contribution in [1.29, 1.82) is 0 Å². The molecule has 0 unspecified atom stereocenters. The second-order valence-corrected chi connectivity index (χ2v) is 9.92. The first kappa shape index (κ1) is 18.9. The quantitative estimate of drug-likeness (QED) is 0.434. The Hall–Kier alpha value is -3.12. The van der Waals surface area contributed by atoms with E-state index in [0.717, 1.165) is 27.3 Å². The van der Waals surface area contributed by atoms with E-state index in [2.05, 4.69) is 13.8 Å². The number of hydrogen-bond donors (Lipinski definition) is 0. The average Bonchev–Trinajstić information content (AvgIpc) is 2.90. The SMILES string of the molecule is Cc1cc2oc(=O)cc(CN3c4cccc5cccc(c45)S3(=O)=O)c2cc1C(C)C. The highest BCUT2D eigenvalue weighted by Crippen LogP contribution is 2.43. The van der Waals surface area contributed by atoms with E-state index in [1.165, 1.54) is 10.4 Å². The van der Waals surface area contributed by atoms with Gasteiger partial charge in [-0.25, -0.2) is 13.2 Å². The largest absolute Gasteiger partial charge is 0.423 e. The van der Waals surface area contributed by atoms with Crippen molar-refractivity contribution in [2.75, 3.05) is 4.31 Å². The van der Waals surface area contributed by atoms with Gasteiger partial charge in [-0.05, 0) is 59.2 Å². The van der Waals surface area contributed by atoms with Crippen LogP contribution in [0.2, 0.25) is 0 Å². The van der Waals surface area contributed by atoms with E-state index in [1.807, 2.05) is 43.3 Å². The summed E-state index contributed by atoms with van der Waals surface area (Å²) >= 11 is 0. The topological polar surface area (TPSA) is 67.6 Å². The molecule has 6 heteroatoms. The molecule has 4 aromatic rings. The molecule has 0 aliphatic carbocycles. The van der Waals surface area contributed by atoms with Crippen LogP contribution < -0.4 is 9.93 Å². The number of anilines is 1. The first-order chi connectivity index (χ1) is 14.3. The number of rotatable bonds is 3. The van der Waals surface area contributed by atoms with Crippen LogP contribution in [0, 0.1) is 6.92 Å². The summed E-state index contributed by atoms with van der Waals surface area (Å²) in [4.78, 5) is 12.6. The molecule has 0 atom stereocenters. The molecule has 0 bridgehead atoms. The molecule has 152 valence electrons. The van der Waals surface area contributed by atoms with Crippen molar-refractivity contribution in [2.45, 2.75) is 38.1 Å². The van der Waals surface area contributed by atoms with E-state index < -0.39 is 15.6 Å². The molecule has 0 fully saturated rings. The van der Waals surface area contributed by atoms with Gasteiger partial charge in [0.05, 0.1) is 17.1 Å². The summed E-state index contributed by atoms with van der Waals surface area (Å²) in [6.07, 6.45) is 0. The molecule has 30 heavy (non-hydrogen) atoms. The molecule has 1 aliphatic rings.